The largest absolute Gasteiger partial charge is 0.329 e. The van der Waals surface area contributed by atoms with E-state index >= 15 is 0 Å². The Kier molecular flexibility index (Phi) is 5.50. The van der Waals surface area contributed by atoms with Gasteiger partial charge in [-0.05, 0) is 30.5 Å². The number of rotatable bonds is 6. The van der Waals surface area contributed by atoms with Gasteiger partial charge in [0.25, 0.3) is 5.91 Å². The van der Waals surface area contributed by atoms with Crippen molar-refractivity contribution in [3.8, 4) is 10.6 Å². The van der Waals surface area contributed by atoms with Gasteiger partial charge in [-0.15, -0.1) is 29.3 Å². The fourth-order valence-electron chi connectivity index (χ4n) is 2.25. The lowest BCUT2D eigenvalue weighted by atomic mass is 10.3. The van der Waals surface area contributed by atoms with Crippen LogP contribution in [0.15, 0.2) is 41.6 Å². The lowest BCUT2D eigenvalue weighted by molar-refractivity contribution is 0.0768. The van der Waals surface area contributed by atoms with Crippen molar-refractivity contribution in [3.05, 3.63) is 61.4 Å². The van der Waals surface area contributed by atoms with Crippen molar-refractivity contribution >= 4 is 51.5 Å². The number of thiophene rings is 2. The molecule has 3 heterocycles. The van der Waals surface area contributed by atoms with Gasteiger partial charge in [0.15, 0.2) is 0 Å². The number of halogens is 1. The van der Waals surface area contributed by atoms with Crippen LogP contribution in [-0.2, 0) is 6.54 Å². The third-order valence-corrected chi connectivity index (χ3v) is 6.46. The molecular weight excluding hydrogens is 380 g/mol. The first-order valence-corrected chi connectivity index (χ1v) is 10.2. The smallest absolute Gasteiger partial charge is 0.266 e. The van der Waals surface area contributed by atoms with Crippen molar-refractivity contribution in [2.24, 2.45) is 0 Å². The summed E-state index contributed by atoms with van der Waals surface area (Å²) in [5, 5.41) is 4.94. The van der Waals surface area contributed by atoms with E-state index in [1.807, 2.05) is 35.9 Å². The molecule has 0 atom stereocenters. The molecule has 0 radical (unpaired) electrons. The highest BCUT2D eigenvalue weighted by molar-refractivity contribution is 7.17. The molecule has 3 nitrogen and oxygen atoms in total. The highest BCUT2D eigenvalue weighted by atomic mass is 35.5. The second-order valence-corrected chi connectivity index (χ2v) is 8.70. The molecular formula is C17H15ClN2OS3. The fraction of sp³-hybridized carbons (Fsp3) is 0.176. The zero-order valence-electron chi connectivity index (χ0n) is 13.0. The van der Waals surface area contributed by atoms with Crippen molar-refractivity contribution in [1.29, 1.82) is 0 Å². The second kappa shape index (κ2) is 7.61. The van der Waals surface area contributed by atoms with Gasteiger partial charge in [0.05, 0.1) is 16.6 Å². The van der Waals surface area contributed by atoms with Crippen LogP contribution in [0.5, 0.6) is 0 Å². The van der Waals surface area contributed by atoms with Crippen LogP contribution in [0.25, 0.3) is 10.6 Å². The first kappa shape index (κ1) is 17.4. The molecule has 7 heteroatoms. The number of thiazole rings is 1. The highest BCUT2D eigenvalue weighted by Gasteiger charge is 2.22. The summed E-state index contributed by atoms with van der Waals surface area (Å²) in [6.07, 6.45) is 1.74. The van der Waals surface area contributed by atoms with Gasteiger partial charge in [-0.3, -0.25) is 4.79 Å². The predicted octanol–water partition coefficient (Wildman–Crippen LogP) is 5.72. The minimum absolute atomic E-state index is 0.0177. The molecule has 0 aliphatic heterocycles. The number of nitrogens with zero attached hydrogens (tertiary/aromatic N) is 2. The lowest BCUT2D eigenvalue weighted by Gasteiger charge is -2.19. The maximum atomic E-state index is 13.0. The van der Waals surface area contributed by atoms with Crippen LogP contribution in [0.1, 0.15) is 20.2 Å². The summed E-state index contributed by atoms with van der Waals surface area (Å²) in [5.41, 5.74) is 1.83. The monoisotopic (exact) mass is 394 g/mol. The third kappa shape index (κ3) is 3.78. The topological polar surface area (TPSA) is 33.2 Å². The summed E-state index contributed by atoms with van der Waals surface area (Å²) in [5.74, 6) is -0.0177. The van der Waals surface area contributed by atoms with Gasteiger partial charge < -0.3 is 4.90 Å². The zero-order valence-corrected chi connectivity index (χ0v) is 16.2. The van der Waals surface area contributed by atoms with E-state index in [0.29, 0.717) is 18.0 Å². The van der Waals surface area contributed by atoms with E-state index in [2.05, 4.69) is 11.6 Å². The van der Waals surface area contributed by atoms with Crippen LogP contribution >= 0.6 is 45.6 Å². The minimum Gasteiger partial charge on any atom is -0.329 e. The molecule has 0 saturated carbocycles. The van der Waals surface area contributed by atoms with Gasteiger partial charge in [-0.1, -0.05) is 17.7 Å². The lowest BCUT2D eigenvalue weighted by Crippen LogP contribution is -2.30. The minimum atomic E-state index is -0.0177. The summed E-state index contributed by atoms with van der Waals surface area (Å²) in [6.45, 7) is 6.65. The molecule has 0 unspecified atom stereocenters. The van der Waals surface area contributed by atoms with Crippen LogP contribution in [0.3, 0.4) is 0 Å². The number of aromatic nitrogens is 1. The summed E-state index contributed by atoms with van der Waals surface area (Å²) in [4.78, 5) is 21.0. The second-order valence-electron chi connectivity index (χ2n) is 5.13. The Hall–Kier alpha value is -1.47. The molecule has 3 rings (SSSR count). The molecule has 124 valence electrons. The molecule has 0 aromatic carbocycles. The van der Waals surface area contributed by atoms with Crippen LogP contribution in [-0.4, -0.2) is 22.3 Å². The van der Waals surface area contributed by atoms with Crippen molar-refractivity contribution in [3.63, 3.8) is 0 Å². The Morgan fingerprint density at radius 3 is 2.83 bits per heavy atom. The van der Waals surface area contributed by atoms with Crippen LogP contribution in [0.4, 0.5) is 0 Å². The summed E-state index contributed by atoms with van der Waals surface area (Å²) >= 11 is 10.5. The zero-order chi connectivity index (χ0) is 17.1. The Balaban J connectivity index is 1.85. The predicted molar refractivity (Wildman–Crippen MR) is 104 cm³/mol. The highest BCUT2D eigenvalue weighted by Crippen LogP contribution is 2.31. The first-order chi connectivity index (χ1) is 11.6. The Labute approximate surface area is 157 Å². The quantitative estimate of drug-likeness (QED) is 0.500. The molecule has 24 heavy (non-hydrogen) atoms. The Morgan fingerprint density at radius 2 is 2.21 bits per heavy atom. The molecule has 0 aliphatic carbocycles. The Morgan fingerprint density at radius 1 is 1.38 bits per heavy atom. The standard InChI is InChI=1S/C17H15ClN2OS3/c1-3-7-20(9-13-4-5-14(18)23-13)17(21)15-11(2)19-16(24-15)12-6-8-22-10-12/h3-6,8,10H,1,7,9H2,2H3. The van der Waals surface area contributed by atoms with Crippen LogP contribution < -0.4 is 0 Å². The van der Waals surface area contributed by atoms with Gasteiger partial charge in [0, 0.05) is 22.4 Å². The molecule has 0 spiro atoms. The van der Waals surface area contributed by atoms with E-state index in [-0.39, 0.29) is 5.91 Å². The number of hydrogen-bond acceptors (Lipinski definition) is 5. The van der Waals surface area contributed by atoms with E-state index in [4.69, 9.17) is 11.6 Å². The van der Waals surface area contributed by atoms with E-state index in [1.165, 1.54) is 22.7 Å². The van der Waals surface area contributed by atoms with Crippen molar-refractivity contribution in [1.82, 2.24) is 9.88 Å². The maximum absolute atomic E-state index is 13.0. The fourth-order valence-corrected chi connectivity index (χ4v) is 5.10. The first-order valence-electron chi connectivity index (χ1n) is 7.23. The van der Waals surface area contributed by atoms with Crippen molar-refractivity contribution in [2.45, 2.75) is 13.5 Å². The maximum Gasteiger partial charge on any atom is 0.266 e. The van der Waals surface area contributed by atoms with Crippen LogP contribution in [0, 0.1) is 6.92 Å². The molecule has 1 amide bonds. The average Bonchev–Trinajstić information content (AvgIpc) is 3.27. The molecule has 3 aromatic heterocycles. The van der Waals surface area contributed by atoms with Gasteiger partial charge in [0.2, 0.25) is 0 Å². The van der Waals surface area contributed by atoms with Gasteiger partial charge in [-0.25, -0.2) is 4.98 Å². The van der Waals surface area contributed by atoms with Crippen molar-refractivity contribution < 1.29 is 4.79 Å². The molecule has 0 fully saturated rings. The summed E-state index contributed by atoms with van der Waals surface area (Å²) in [7, 11) is 0. The summed E-state index contributed by atoms with van der Waals surface area (Å²) < 4.78 is 0.727. The molecule has 0 aliphatic rings. The molecule has 0 bridgehead atoms. The van der Waals surface area contributed by atoms with E-state index < -0.39 is 0 Å². The van der Waals surface area contributed by atoms with Crippen LogP contribution in [0.2, 0.25) is 4.34 Å². The van der Waals surface area contributed by atoms with Crippen molar-refractivity contribution in [2.75, 3.05) is 6.54 Å². The SMILES string of the molecule is C=CCN(Cc1ccc(Cl)s1)C(=O)c1sc(-c2ccsc2)nc1C. The number of carbonyl (C=O) groups excluding carboxylic acids is 1. The third-order valence-electron chi connectivity index (χ3n) is 3.37. The summed E-state index contributed by atoms with van der Waals surface area (Å²) in [6, 6.07) is 5.82. The average molecular weight is 395 g/mol. The van der Waals surface area contributed by atoms with E-state index in [9.17, 15) is 4.79 Å². The number of hydrogen-bond donors (Lipinski definition) is 0. The Bertz CT molecular complexity index is 851. The normalized spacial score (nSPS) is 10.8. The molecule has 3 aromatic rings. The number of aryl methyl sites for hydroxylation is 1. The van der Waals surface area contributed by atoms with E-state index in [1.54, 1.807) is 22.3 Å². The van der Waals surface area contributed by atoms with Gasteiger partial charge in [-0.2, -0.15) is 11.3 Å². The number of amides is 1. The van der Waals surface area contributed by atoms with Gasteiger partial charge >= 0.3 is 0 Å². The van der Waals surface area contributed by atoms with Gasteiger partial charge in [0.1, 0.15) is 9.88 Å². The molecule has 0 saturated heterocycles. The number of carbonyl (C=O) groups is 1. The molecule has 0 N–H and O–H groups in total. The van der Waals surface area contributed by atoms with E-state index in [0.717, 1.165) is 25.5 Å².